The first-order valence-electron chi connectivity index (χ1n) is 11.1. The van der Waals surface area contributed by atoms with Crippen molar-refractivity contribution in [2.24, 2.45) is 0 Å². The molecule has 3 aromatic rings. The summed E-state index contributed by atoms with van der Waals surface area (Å²) < 4.78 is 5.32. The summed E-state index contributed by atoms with van der Waals surface area (Å²) in [6.45, 7) is 5.96. The van der Waals surface area contributed by atoms with Crippen LogP contribution in [0.2, 0.25) is 0 Å². The average molecular weight is 433 g/mol. The predicted octanol–water partition coefficient (Wildman–Crippen LogP) is 4.72. The fourth-order valence-electron chi connectivity index (χ4n) is 3.85. The molecule has 1 atom stereocenters. The number of carbonyl (C=O) groups is 2. The van der Waals surface area contributed by atoms with Gasteiger partial charge in [0.15, 0.2) is 0 Å². The molecule has 2 amide bonds. The molecular formula is C27H32N2O3. The Labute approximate surface area is 190 Å². The number of nitrogens with one attached hydrogen (secondary N) is 1. The Morgan fingerprint density at radius 1 is 0.969 bits per heavy atom. The molecule has 0 spiro atoms. The molecule has 0 radical (unpaired) electrons. The van der Waals surface area contributed by atoms with E-state index in [1.807, 2.05) is 56.3 Å². The summed E-state index contributed by atoms with van der Waals surface area (Å²) in [5.74, 6) is 0.526. The molecule has 0 aliphatic carbocycles. The molecule has 0 unspecified atom stereocenters. The van der Waals surface area contributed by atoms with Gasteiger partial charge < -0.3 is 15.0 Å². The lowest BCUT2D eigenvalue weighted by Crippen LogP contribution is -2.49. The van der Waals surface area contributed by atoms with Crippen molar-refractivity contribution in [1.29, 1.82) is 0 Å². The van der Waals surface area contributed by atoms with E-state index in [0.717, 1.165) is 27.6 Å². The summed E-state index contributed by atoms with van der Waals surface area (Å²) in [4.78, 5) is 27.8. The highest BCUT2D eigenvalue weighted by molar-refractivity contribution is 5.89. The van der Waals surface area contributed by atoms with Gasteiger partial charge in [-0.05, 0) is 61.2 Å². The quantitative estimate of drug-likeness (QED) is 0.532. The van der Waals surface area contributed by atoms with Gasteiger partial charge in [-0.2, -0.15) is 0 Å². The summed E-state index contributed by atoms with van der Waals surface area (Å²) in [5, 5.41) is 5.25. The van der Waals surface area contributed by atoms with Crippen LogP contribution in [0.15, 0.2) is 66.7 Å². The van der Waals surface area contributed by atoms with Crippen LogP contribution in [0.1, 0.15) is 38.3 Å². The van der Waals surface area contributed by atoms with E-state index < -0.39 is 6.04 Å². The minimum absolute atomic E-state index is 0.00871. The average Bonchev–Trinajstić information content (AvgIpc) is 2.80. The zero-order valence-electron chi connectivity index (χ0n) is 19.3. The SMILES string of the molecule is COc1cccc(CN(C(=O)CCc2cccc3ccccc23)[C@H](C)C(=O)NC(C)C)c1. The van der Waals surface area contributed by atoms with E-state index in [0.29, 0.717) is 19.4 Å². The first-order chi connectivity index (χ1) is 15.4. The van der Waals surface area contributed by atoms with E-state index in [2.05, 4.69) is 29.6 Å². The number of benzene rings is 3. The molecule has 3 rings (SSSR count). The van der Waals surface area contributed by atoms with Crippen molar-refractivity contribution in [3.63, 3.8) is 0 Å². The normalized spacial score (nSPS) is 11.9. The summed E-state index contributed by atoms with van der Waals surface area (Å²) in [6, 6.07) is 21.4. The fraction of sp³-hybridized carbons (Fsp3) is 0.333. The second kappa shape index (κ2) is 10.8. The number of fused-ring (bicyclic) bond motifs is 1. The van der Waals surface area contributed by atoms with Crippen molar-refractivity contribution in [2.45, 2.75) is 52.2 Å². The lowest BCUT2D eigenvalue weighted by molar-refractivity contribution is -0.140. The Balaban J connectivity index is 1.80. The minimum atomic E-state index is -0.580. The first kappa shape index (κ1) is 23.3. The molecule has 168 valence electrons. The van der Waals surface area contributed by atoms with Gasteiger partial charge in [0, 0.05) is 19.0 Å². The van der Waals surface area contributed by atoms with Gasteiger partial charge in [-0.1, -0.05) is 54.6 Å². The number of amides is 2. The number of nitrogens with zero attached hydrogens (tertiary/aromatic N) is 1. The highest BCUT2D eigenvalue weighted by Gasteiger charge is 2.26. The van der Waals surface area contributed by atoms with Crippen molar-refractivity contribution in [1.82, 2.24) is 10.2 Å². The number of hydrogen-bond donors (Lipinski definition) is 1. The van der Waals surface area contributed by atoms with Crippen molar-refractivity contribution < 1.29 is 14.3 Å². The van der Waals surface area contributed by atoms with Gasteiger partial charge in [0.05, 0.1) is 7.11 Å². The van der Waals surface area contributed by atoms with Crippen LogP contribution in [0.5, 0.6) is 5.75 Å². The second-order valence-electron chi connectivity index (χ2n) is 8.35. The number of hydrogen-bond acceptors (Lipinski definition) is 3. The van der Waals surface area contributed by atoms with Crippen LogP contribution >= 0.6 is 0 Å². The standard InChI is InChI=1S/C27H32N2O3/c1-19(2)28-27(31)20(3)29(18-21-9-7-13-24(17-21)32-4)26(30)16-15-23-12-8-11-22-10-5-6-14-25(22)23/h5-14,17,19-20H,15-16,18H2,1-4H3,(H,28,31)/t20-/m1/s1. The Bertz CT molecular complexity index is 1070. The molecule has 1 N–H and O–H groups in total. The van der Waals surface area contributed by atoms with E-state index in [4.69, 9.17) is 4.74 Å². The van der Waals surface area contributed by atoms with Crippen LogP contribution < -0.4 is 10.1 Å². The topological polar surface area (TPSA) is 58.6 Å². The maximum Gasteiger partial charge on any atom is 0.242 e. The zero-order valence-corrected chi connectivity index (χ0v) is 19.3. The van der Waals surface area contributed by atoms with Crippen LogP contribution in [-0.4, -0.2) is 35.9 Å². The van der Waals surface area contributed by atoms with Crippen molar-refractivity contribution in [3.05, 3.63) is 77.9 Å². The highest BCUT2D eigenvalue weighted by atomic mass is 16.5. The van der Waals surface area contributed by atoms with Crippen LogP contribution in [0.3, 0.4) is 0 Å². The molecule has 0 bridgehead atoms. The fourth-order valence-corrected chi connectivity index (χ4v) is 3.85. The van der Waals surface area contributed by atoms with Gasteiger partial charge in [0.1, 0.15) is 11.8 Å². The van der Waals surface area contributed by atoms with Crippen LogP contribution in [-0.2, 0) is 22.6 Å². The Kier molecular flexibility index (Phi) is 7.87. The van der Waals surface area contributed by atoms with Crippen LogP contribution in [0.25, 0.3) is 10.8 Å². The maximum absolute atomic E-state index is 13.4. The minimum Gasteiger partial charge on any atom is -0.497 e. The summed E-state index contributed by atoms with van der Waals surface area (Å²) >= 11 is 0. The lowest BCUT2D eigenvalue weighted by atomic mass is 10.0. The molecular weight excluding hydrogens is 400 g/mol. The van der Waals surface area contributed by atoms with E-state index in [-0.39, 0.29) is 17.9 Å². The van der Waals surface area contributed by atoms with E-state index >= 15 is 0 Å². The van der Waals surface area contributed by atoms with Gasteiger partial charge in [0.25, 0.3) is 0 Å². The molecule has 3 aromatic carbocycles. The Morgan fingerprint density at radius 2 is 1.69 bits per heavy atom. The third-order valence-electron chi connectivity index (χ3n) is 5.57. The molecule has 5 nitrogen and oxygen atoms in total. The van der Waals surface area contributed by atoms with Crippen molar-refractivity contribution in [3.8, 4) is 5.75 Å². The summed E-state index contributed by atoms with van der Waals surface area (Å²) in [6.07, 6.45) is 0.949. The van der Waals surface area contributed by atoms with Gasteiger partial charge in [-0.3, -0.25) is 9.59 Å². The first-order valence-corrected chi connectivity index (χ1v) is 11.1. The summed E-state index contributed by atoms with van der Waals surface area (Å²) in [7, 11) is 1.62. The number of aryl methyl sites for hydroxylation is 1. The van der Waals surface area contributed by atoms with Crippen molar-refractivity contribution in [2.75, 3.05) is 7.11 Å². The van der Waals surface area contributed by atoms with Crippen LogP contribution in [0.4, 0.5) is 0 Å². The van der Waals surface area contributed by atoms with Gasteiger partial charge in [-0.15, -0.1) is 0 Å². The number of carbonyl (C=O) groups excluding carboxylic acids is 2. The molecule has 0 aliphatic rings. The van der Waals surface area contributed by atoms with Gasteiger partial charge >= 0.3 is 0 Å². The molecule has 0 fully saturated rings. The molecule has 5 heteroatoms. The second-order valence-corrected chi connectivity index (χ2v) is 8.35. The largest absolute Gasteiger partial charge is 0.497 e. The van der Waals surface area contributed by atoms with Gasteiger partial charge in [0.2, 0.25) is 11.8 Å². The molecule has 0 aliphatic heterocycles. The molecule has 0 saturated heterocycles. The number of ether oxygens (including phenoxy) is 1. The molecule has 32 heavy (non-hydrogen) atoms. The van der Waals surface area contributed by atoms with Gasteiger partial charge in [-0.25, -0.2) is 0 Å². The highest BCUT2D eigenvalue weighted by Crippen LogP contribution is 2.21. The van der Waals surface area contributed by atoms with E-state index in [1.165, 1.54) is 0 Å². The maximum atomic E-state index is 13.4. The predicted molar refractivity (Wildman–Crippen MR) is 129 cm³/mol. The van der Waals surface area contributed by atoms with E-state index in [9.17, 15) is 9.59 Å². The monoisotopic (exact) mass is 432 g/mol. The number of rotatable bonds is 9. The van der Waals surface area contributed by atoms with E-state index in [1.54, 1.807) is 18.9 Å². The molecule has 0 aromatic heterocycles. The lowest BCUT2D eigenvalue weighted by Gasteiger charge is -2.29. The number of methoxy groups -OCH3 is 1. The van der Waals surface area contributed by atoms with Crippen molar-refractivity contribution >= 4 is 22.6 Å². The third-order valence-corrected chi connectivity index (χ3v) is 5.57. The summed E-state index contributed by atoms with van der Waals surface area (Å²) in [5.41, 5.74) is 2.06. The van der Waals surface area contributed by atoms with Crippen LogP contribution in [0, 0.1) is 0 Å². The zero-order chi connectivity index (χ0) is 23.1. The molecule has 0 saturated carbocycles. The third kappa shape index (κ3) is 5.88. The smallest absolute Gasteiger partial charge is 0.242 e. The Hall–Kier alpha value is -3.34. The Morgan fingerprint density at radius 3 is 2.44 bits per heavy atom. The molecule has 0 heterocycles.